The SMILES string of the molecule is COc1cc(CN)cc(Cl)c1OC(C)C(=O)N1CCCC1. The maximum absolute atomic E-state index is 12.3. The van der Waals surface area contributed by atoms with E-state index in [2.05, 4.69) is 0 Å². The second kappa shape index (κ2) is 7.00. The Morgan fingerprint density at radius 3 is 2.67 bits per heavy atom. The molecule has 1 aromatic carbocycles. The number of halogens is 1. The van der Waals surface area contributed by atoms with Crippen molar-refractivity contribution in [2.75, 3.05) is 20.2 Å². The van der Waals surface area contributed by atoms with Crippen LogP contribution in [-0.4, -0.2) is 37.1 Å². The number of carbonyl (C=O) groups excluding carboxylic acids is 1. The third-order valence-corrected chi connectivity index (χ3v) is 3.87. The van der Waals surface area contributed by atoms with E-state index in [4.69, 9.17) is 26.8 Å². The molecule has 1 aromatic rings. The molecule has 1 aliphatic rings. The number of hydrogen-bond donors (Lipinski definition) is 1. The van der Waals surface area contributed by atoms with E-state index in [1.165, 1.54) is 7.11 Å². The van der Waals surface area contributed by atoms with Crippen LogP contribution in [-0.2, 0) is 11.3 Å². The molecule has 2 rings (SSSR count). The van der Waals surface area contributed by atoms with Crippen LogP contribution >= 0.6 is 11.6 Å². The lowest BCUT2D eigenvalue weighted by atomic mass is 10.2. The third-order valence-electron chi connectivity index (χ3n) is 3.59. The summed E-state index contributed by atoms with van der Waals surface area (Å²) in [5, 5.41) is 0.399. The highest BCUT2D eigenvalue weighted by Crippen LogP contribution is 2.37. The Bertz CT molecular complexity index is 516. The third kappa shape index (κ3) is 3.60. The molecule has 0 aromatic heterocycles. The number of nitrogens with zero attached hydrogens (tertiary/aromatic N) is 1. The van der Waals surface area contributed by atoms with Crippen LogP contribution in [0.4, 0.5) is 0 Å². The van der Waals surface area contributed by atoms with E-state index >= 15 is 0 Å². The molecular weight excluding hydrogens is 292 g/mol. The summed E-state index contributed by atoms with van der Waals surface area (Å²) in [4.78, 5) is 14.1. The van der Waals surface area contributed by atoms with Gasteiger partial charge in [0, 0.05) is 19.6 Å². The topological polar surface area (TPSA) is 64.8 Å². The Balaban J connectivity index is 2.16. The second-order valence-electron chi connectivity index (χ2n) is 5.11. The van der Waals surface area contributed by atoms with Crippen LogP contribution in [0.15, 0.2) is 12.1 Å². The highest BCUT2D eigenvalue weighted by atomic mass is 35.5. The minimum Gasteiger partial charge on any atom is -0.493 e. The summed E-state index contributed by atoms with van der Waals surface area (Å²) < 4.78 is 11.0. The van der Waals surface area contributed by atoms with Gasteiger partial charge in [-0.05, 0) is 37.5 Å². The molecule has 21 heavy (non-hydrogen) atoms. The van der Waals surface area contributed by atoms with Crippen molar-refractivity contribution in [1.29, 1.82) is 0 Å². The van der Waals surface area contributed by atoms with Crippen molar-refractivity contribution in [3.8, 4) is 11.5 Å². The summed E-state index contributed by atoms with van der Waals surface area (Å²) in [5.41, 5.74) is 6.46. The van der Waals surface area contributed by atoms with Gasteiger partial charge in [-0.1, -0.05) is 11.6 Å². The van der Waals surface area contributed by atoms with Gasteiger partial charge in [-0.3, -0.25) is 4.79 Å². The van der Waals surface area contributed by atoms with E-state index < -0.39 is 6.10 Å². The van der Waals surface area contributed by atoms with Crippen molar-refractivity contribution in [1.82, 2.24) is 4.90 Å². The van der Waals surface area contributed by atoms with Crippen molar-refractivity contribution in [3.05, 3.63) is 22.7 Å². The first-order valence-corrected chi connectivity index (χ1v) is 7.46. The highest BCUT2D eigenvalue weighted by molar-refractivity contribution is 6.32. The fraction of sp³-hybridized carbons (Fsp3) is 0.533. The van der Waals surface area contributed by atoms with Crippen molar-refractivity contribution in [3.63, 3.8) is 0 Å². The molecule has 5 nitrogen and oxygen atoms in total. The van der Waals surface area contributed by atoms with Crippen LogP contribution in [0.5, 0.6) is 11.5 Å². The predicted molar refractivity (Wildman–Crippen MR) is 81.8 cm³/mol. The highest BCUT2D eigenvalue weighted by Gasteiger charge is 2.26. The van der Waals surface area contributed by atoms with Crippen molar-refractivity contribution in [2.45, 2.75) is 32.4 Å². The molecular formula is C15H21ClN2O3. The number of nitrogens with two attached hydrogens (primary N) is 1. The number of rotatable bonds is 5. The van der Waals surface area contributed by atoms with Crippen LogP contribution < -0.4 is 15.2 Å². The lowest BCUT2D eigenvalue weighted by molar-refractivity contribution is -0.136. The number of likely N-dealkylation sites (tertiary alicyclic amines) is 1. The quantitative estimate of drug-likeness (QED) is 0.905. The first-order valence-electron chi connectivity index (χ1n) is 7.08. The summed E-state index contributed by atoms with van der Waals surface area (Å²) >= 11 is 6.22. The Morgan fingerprint density at radius 1 is 1.43 bits per heavy atom. The van der Waals surface area contributed by atoms with Gasteiger partial charge in [-0.15, -0.1) is 0 Å². The van der Waals surface area contributed by atoms with E-state index in [9.17, 15) is 4.79 Å². The number of hydrogen-bond acceptors (Lipinski definition) is 4. The minimum atomic E-state index is -0.599. The summed E-state index contributed by atoms with van der Waals surface area (Å²) in [6.07, 6.45) is 1.50. The normalized spacial score (nSPS) is 15.9. The number of benzene rings is 1. The summed E-state index contributed by atoms with van der Waals surface area (Å²) in [6.45, 7) is 3.68. The van der Waals surface area contributed by atoms with Gasteiger partial charge < -0.3 is 20.1 Å². The van der Waals surface area contributed by atoms with Gasteiger partial charge in [0.1, 0.15) is 0 Å². The van der Waals surface area contributed by atoms with Crippen molar-refractivity contribution < 1.29 is 14.3 Å². The van der Waals surface area contributed by atoms with E-state index in [1.807, 2.05) is 4.90 Å². The Labute approximate surface area is 130 Å². The van der Waals surface area contributed by atoms with E-state index in [1.54, 1.807) is 19.1 Å². The van der Waals surface area contributed by atoms with E-state index in [-0.39, 0.29) is 5.91 Å². The molecule has 1 saturated heterocycles. The zero-order valence-electron chi connectivity index (χ0n) is 12.4. The van der Waals surface area contributed by atoms with Gasteiger partial charge >= 0.3 is 0 Å². The predicted octanol–water partition coefficient (Wildman–Crippen LogP) is 2.20. The maximum atomic E-state index is 12.3. The summed E-state index contributed by atoms with van der Waals surface area (Å²) in [7, 11) is 1.53. The molecule has 2 N–H and O–H groups in total. The van der Waals surface area contributed by atoms with Crippen LogP contribution in [0.1, 0.15) is 25.3 Å². The maximum Gasteiger partial charge on any atom is 0.263 e. The average molecular weight is 313 g/mol. The van der Waals surface area contributed by atoms with Gasteiger partial charge in [0.25, 0.3) is 5.91 Å². The second-order valence-corrected chi connectivity index (χ2v) is 5.51. The van der Waals surface area contributed by atoms with Crippen LogP contribution in [0.3, 0.4) is 0 Å². The zero-order chi connectivity index (χ0) is 15.4. The minimum absolute atomic E-state index is 0.0199. The van der Waals surface area contributed by atoms with Crippen LogP contribution in [0, 0.1) is 0 Å². The Morgan fingerprint density at radius 2 is 2.10 bits per heavy atom. The molecule has 6 heteroatoms. The average Bonchev–Trinajstić information content (AvgIpc) is 3.02. The van der Waals surface area contributed by atoms with Gasteiger partial charge in [-0.2, -0.15) is 0 Å². The summed E-state index contributed by atoms with van der Waals surface area (Å²) in [5.74, 6) is 0.856. The van der Waals surface area contributed by atoms with Crippen molar-refractivity contribution in [2.24, 2.45) is 5.73 Å². The first kappa shape index (κ1) is 15.9. The number of ether oxygens (including phenoxy) is 2. The fourth-order valence-electron chi connectivity index (χ4n) is 2.43. The van der Waals surface area contributed by atoms with Gasteiger partial charge in [0.05, 0.1) is 12.1 Å². The largest absolute Gasteiger partial charge is 0.493 e. The van der Waals surface area contributed by atoms with E-state index in [0.29, 0.717) is 23.1 Å². The Kier molecular flexibility index (Phi) is 5.31. The van der Waals surface area contributed by atoms with Gasteiger partial charge in [0.15, 0.2) is 17.6 Å². The molecule has 1 heterocycles. The molecule has 1 fully saturated rings. The zero-order valence-corrected chi connectivity index (χ0v) is 13.2. The van der Waals surface area contributed by atoms with Gasteiger partial charge in [-0.25, -0.2) is 0 Å². The summed E-state index contributed by atoms with van der Waals surface area (Å²) in [6, 6.07) is 3.50. The molecule has 0 radical (unpaired) electrons. The first-order chi connectivity index (χ1) is 10.1. The molecule has 0 aliphatic carbocycles. The monoisotopic (exact) mass is 312 g/mol. The van der Waals surface area contributed by atoms with E-state index in [0.717, 1.165) is 31.5 Å². The van der Waals surface area contributed by atoms with Crippen molar-refractivity contribution >= 4 is 17.5 Å². The molecule has 0 saturated carbocycles. The van der Waals surface area contributed by atoms with Gasteiger partial charge in [0.2, 0.25) is 0 Å². The molecule has 0 spiro atoms. The number of methoxy groups -OCH3 is 1. The molecule has 0 bridgehead atoms. The molecule has 1 amide bonds. The molecule has 1 aliphatic heterocycles. The Hall–Kier alpha value is -1.46. The lowest BCUT2D eigenvalue weighted by Crippen LogP contribution is -2.38. The fourth-order valence-corrected chi connectivity index (χ4v) is 2.71. The molecule has 1 atom stereocenters. The smallest absolute Gasteiger partial charge is 0.263 e. The molecule has 1 unspecified atom stereocenters. The lowest BCUT2D eigenvalue weighted by Gasteiger charge is -2.22. The number of amides is 1. The van der Waals surface area contributed by atoms with Crippen LogP contribution in [0.25, 0.3) is 0 Å². The van der Waals surface area contributed by atoms with Crippen LogP contribution in [0.2, 0.25) is 5.02 Å². The standard InChI is InChI=1S/C15H21ClN2O3/c1-10(15(19)18-5-3-4-6-18)21-14-12(16)7-11(9-17)8-13(14)20-2/h7-8,10H,3-6,9,17H2,1-2H3. The molecule has 116 valence electrons. The number of carbonyl (C=O) groups is 1.